The van der Waals surface area contributed by atoms with Crippen LogP contribution in [0.25, 0.3) is 0 Å². The van der Waals surface area contributed by atoms with Crippen molar-refractivity contribution in [3.8, 4) is 23.8 Å². The molecule has 0 radical (unpaired) electrons. The number of carbonyl (C=O) groups excluding carboxylic acids is 1. The van der Waals surface area contributed by atoms with Gasteiger partial charge in [-0.15, -0.1) is 18.2 Å². The lowest BCUT2D eigenvalue weighted by Gasteiger charge is -2.10. The Balaban J connectivity index is 2.04. The second-order valence-electron chi connectivity index (χ2n) is 5.86. The van der Waals surface area contributed by atoms with E-state index in [1.807, 2.05) is 6.26 Å². The molecule has 1 aromatic carbocycles. The van der Waals surface area contributed by atoms with Crippen molar-refractivity contribution in [1.82, 2.24) is 9.78 Å². The molecular formula is C19H19ClN2O3S. The molecule has 0 amide bonds. The predicted octanol–water partition coefficient (Wildman–Crippen LogP) is 4.68. The average Bonchev–Trinajstić information content (AvgIpc) is 3.39. The molecule has 0 spiro atoms. The highest BCUT2D eigenvalue weighted by Gasteiger charge is 2.35. The smallest absolute Gasteiger partial charge is 0.360 e. The van der Waals surface area contributed by atoms with E-state index in [1.54, 1.807) is 41.6 Å². The van der Waals surface area contributed by atoms with Gasteiger partial charge in [-0.1, -0.05) is 17.5 Å². The molecular weight excluding hydrogens is 372 g/mol. The van der Waals surface area contributed by atoms with Gasteiger partial charge in [0.05, 0.1) is 17.5 Å². The van der Waals surface area contributed by atoms with Crippen molar-refractivity contribution in [1.29, 1.82) is 0 Å². The molecule has 0 bridgehead atoms. The summed E-state index contributed by atoms with van der Waals surface area (Å²) in [5.74, 6) is 3.87. The summed E-state index contributed by atoms with van der Waals surface area (Å²) in [7, 11) is 0. The van der Waals surface area contributed by atoms with Crippen molar-refractivity contribution < 1.29 is 14.3 Å². The molecule has 1 saturated carbocycles. The zero-order valence-corrected chi connectivity index (χ0v) is 16.2. The number of hydrogen-bond donors (Lipinski definition) is 0. The van der Waals surface area contributed by atoms with Crippen LogP contribution in [0.2, 0.25) is 5.02 Å². The van der Waals surface area contributed by atoms with Gasteiger partial charge in [0.2, 0.25) is 0 Å². The molecule has 0 aliphatic heterocycles. The first-order valence-electron chi connectivity index (χ1n) is 8.29. The van der Waals surface area contributed by atoms with Gasteiger partial charge in [0, 0.05) is 17.5 Å². The number of carbonyl (C=O) groups is 1. The van der Waals surface area contributed by atoms with Crippen LogP contribution in [0.5, 0.6) is 11.5 Å². The number of rotatable bonds is 7. The minimum atomic E-state index is -0.442. The molecule has 1 heterocycles. The minimum absolute atomic E-state index is 0.282. The molecule has 5 nitrogen and oxygen atoms in total. The normalized spacial score (nSPS) is 13.3. The lowest BCUT2D eigenvalue weighted by Crippen LogP contribution is -2.13. The number of aromatic nitrogens is 2. The van der Waals surface area contributed by atoms with Gasteiger partial charge in [0.25, 0.3) is 0 Å². The van der Waals surface area contributed by atoms with Crippen LogP contribution >= 0.6 is 23.4 Å². The second kappa shape index (κ2) is 8.07. The standard InChI is InChI=1S/C19H19ClN2O3S/c1-4-12-8-9-14(10-15(12)20)25-18-16(13-6-7-13)21-22(11-26-3)17(18)19(23)24-5-2/h1,8-10,13H,5-7,11H2,2-3H3. The Bertz CT molecular complexity index is 868. The van der Waals surface area contributed by atoms with Crippen LogP contribution in [0.15, 0.2) is 18.2 Å². The number of ether oxygens (including phenoxy) is 2. The summed E-state index contributed by atoms with van der Waals surface area (Å²) in [5.41, 5.74) is 1.71. The van der Waals surface area contributed by atoms with Gasteiger partial charge in [0.15, 0.2) is 11.4 Å². The van der Waals surface area contributed by atoms with Crippen LogP contribution in [0.4, 0.5) is 0 Å². The fraction of sp³-hybridized carbons (Fsp3) is 0.368. The lowest BCUT2D eigenvalue weighted by molar-refractivity contribution is 0.0510. The quantitative estimate of drug-likeness (QED) is 0.507. The van der Waals surface area contributed by atoms with E-state index in [4.69, 9.17) is 27.5 Å². The summed E-state index contributed by atoms with van der Waals surface area (Å²) in [6.07, 6.45) is 9.42. The molecule has 1 aromatic heterocycles. The van der Waals surface area contributed by atoms with E-state index in [2.05, 4.69) is 11.0 Å². The Hall–Kier alpha value is -2.10. The maximum Gasteiger partial charge on any atom is 0.360 e. The Morgan fingerprint density at radius 2 is 2.27 bits per heavy atom. The first kappa shape index (κ1) is 18.7. The van der Waals surface area contributed by atoms with Gasteiger partial charge in [-0.25, -0.2) is 9.48 Å². The molecule has 26 heavy (non-hydrogen) atoms. The van der Waals surface area contributed by atoms with Crippen LogP contribution in [-0.2, 0) is 10.6 Å². The van der Waals surface area contributed by atoms with Crippen LogP contribution < -0.4 is 4.74 Å². The van der Waals surface area contributed by atoms with E-state index in [9.17, 15) is 4.79 Å². The minimum Gasteiger partial charge on any atom is -0.461 e. The first-order valence-corrected chi connectivity index (χ1v) is 10.1. The summed E-state index contributed by atoms with van der Waals surface area (Å²) < 4.78 is 13.0. The van der Waals surface area contributed by atoms with Crippen LogP contribution in [0.1, 0.15) is 47.4 Å². The van der Waals surface area contributed by atoms with Crippen molar-refractivity contribution >= 4 is 29.3 Å². The topological polar surface area (TPSA) is 53.4 Å². The van der Waals surface area contributed by atoms with Crippen LogP contribution in [0, 0.1) is 12.3 Å². The summed E-state index contributed by atoms with van der Waals surface area (Å²) in [6, 6.07) is 5.09. The highest BCUT2D eigenvalue weighted by Crippen LogP contribution is 2.46. The van der Waals surface area contributed by atoms with Crippen molar-refractivity contribution in [3.63, 3.8) is 0 Å². The maximum atomic E-state index is 12.6. The van der Waals surface area contributed by atoms with Gasteiger partial charge in [-0.05, 0) is 38.2 Å². The predicted molar refractivity (Wildman–Crippen MR) is 103 cm³/mol. The van der Waals surface area contributed by atoms with E-state index >= 15 is 0 Å². The van der Waals surface area contributed by atoms with Crippen molar-refractivity contribution in [2.75, 3.05) is 12.9 Å². The van der Waals surface area contributed by atoms with E-state index in [1.165, 1.54) is 0 Å². The SMILES string of the molecule is C#Cc1ccc(Oc2c(C3CC3)nn(CSC)c2C(=O)OCC)cc1Cl. The molecule has 1 aliphatic carbocycles. The molecule has 0 N–H and O–H groups in total. The number of thioether (sulfide) groups is 1. The fourth-order valence-corrected chi connectivity index (χ4v) is 3.25. The van der Waals surface area contributed by atoms with Gasteiger partial charge in [-0.3, -0.25) is 0 Å². The molecule has 1 fully saturated rings. The molecule has 0 unspecified atom stereocenters. The fourth-order valence-electron chi connectivity index (χ4n) is 2.60. The van der Waals surface area contributed by atoms with Gasteiger partial charge in [-0.2, -0.15) is 5.10 Å². The third kappa shape index (κ3) is 3.84. The maximum absolute atomic E-state index is 12.6. The van der Waals surface area contributed by atoms with E-state index in [0.29, 0.717) is 39.6 Å². The Morgan fingerprint density at radius 3 is 2.85 bits per heavy atom. The van der Waals surface area contributed by atoms with Gasteiger partial charge in [0.1, 0.15) is 11.4 Å². The molecule has 7 heteroatoms. The lowest BCUT2D eigenvalue weighted by atomic mass is 10.2. The molecule has 2 aromatic rings. The zero-order valence-electron chi connectivity index (χ0n) is 14.6. The second-order valence-corrected chi connectivity index (χ2v) is 7.11. The van der Waals surface area contributed by atoms with Crippen LogP contribution in [0.3, 0.4) is 0 Å². The molecule has 136 valence electrons. The summed E-state index contributed by atoms with van der Waals surface area (Å²) in [4.78, 5) is 12.6. The number of halogens is 1. The molecule has 3 rings (SSSR count). The first-order chi connectivity index (χ1) is 12.6. The number of esters is 1. The third-order valence-corrected chi connectivity index (χ3v) is 4.75. The Kier molecular flexibility index (Phi) is 5.80. The van der Waals surface area contributed by atoms with E-state index < -0.39 is 5.97 Å². The van der Waals surface area contributed by atoms with E-state index in [-0.39, 0.29) is 6.61 Å². The average molecular weight is 391 g/mol. The zero-order chi connectivity index (χ0) is 18.7. The third-order valence-electron chi connectivity index (χ3n) is 3.93. The van der Waals surface area contributed by atoms with Gasteiger partial charge < -0.3 is 9.47 Å². The Morgan fingerprint density at radius 1 is 1.50 bits per heavy atom. The van der Waals surface area contributed by atoms with Crippen molar-refractivity contribution in [3.05, 3.63) is 40.2 Å². The molecule has 0 atom stereocenters. The van der Waals surface area contributed by atoms with Crippen molar-refractivity contribution in [2.24, 2.45) is 0 Å². The summed E-state index contributed by atoms with van der Waals surface area (Å²) in [6.45, 7) is 2.05. The molecule has 1 aliphatic rings. The van der Waals surface area contributed by atoms with Gasteiger partial charge >= 0.3 is 5.97 Å². The summed E-state index contributed by atoms with van der Waals surface area (Å²) in [5, 5.41) is 5.05. The number of terminal acetylenes is 1. The highest BCUT2D eigenvalue weighted by molar-refractivity contribution is 7.97. The number of nitrogens with zero attached hydrogens (tertiary/aromatic N) is 2. The summed E-state index contributed by atoms with van der Waals surface area (Å²) >= 11 is 7.75. The van der Waals surface area contributed by atoms with Crippen LogP contribution in [-0.4, -0.2) is 28.6 Å². The Labute approximate surface area is 162 Å². The monoisotopic (exact) mass is 390 g/mol. The largest absolute Gasteiger partial charge is 0.461 e. The highest BCUT2D eigenvalue weighted by atomic mass is 35.5. The number of benzene rings is 1. The number of hydrogen-bond acceptors (Lipinski definition) is 5. The van der Waals surface area contributed by atoms with E-state index in [0.717, 1.165) is 18.5 Å². The molecule has 0 saturated heterocycles. The van der Waals surface area contributed by atoms with Crippen molar-refractivity contribution in [2.45, 2.75) is 31.6 Å².